The quantitative estimate of drug-likeness (QED) is 0.419. The molecule has 27 heavy (non-hydrogen) atoms. The summed E-state index contributed by atoms with van der Waals surface area (Å²) >= 11 is 5.89. The first kappa shape index (κ1) is 21.7. The van der Waals surface area contributed by atoms with Gasteiger partial charge in [-0.2, -0.15) is 0 Å². The number of amides is 1. The Balaban J connectivity index is 1.78. The number of aliphatic hydroxyl groups excluding tert-OH is 2. The molecule has 2 rings (SSSR count). The van der Waals surface area contributed by atoms with Crippen LogP contribution in [0.25, 0.3) is 0 Å². The summed E-state index contributed by atoms with van der Waals surface area (Å²) in [5.74, 6) is 0.0582. The lowest BCUT2D eigenvalue weighted by Gasteiger charge is -2.22. The van der Waals surface area contributed by atoms with Crippen molar-refractivity contribution in [2.24, 2.45) is 11.8 Å². The second-order valence-electron chi connectivity index (χ2n) is 7.10. The van der Waals surface area contributed by atoms with Crippen LogP contribution in [-0.2, 0) is 4.79 Å². The van der Waals surface area contributed by atoms with Crippen molar-refractivity contribution < 1.29 is 19.7 Å². The highest BCUT2D eigenvalue weighted by molar-refractivity contribution is 6.30. The summed E-state index contributed by atoms with van der Waals surface area (Å²) in [4.78, 5) is 12.1. The molecule has 150 valence electrons. The first-order valence-electron chi connectivity index (χ1n) is 9.67. The minimum atomic E-state index is -0.608. The number of unbranched alkanes of at least 4 members (excludes halogenated alkanes) is 2. The van der Waals surface area contributed by atoms with Crippen LogP contribution in [0.5, 0.6) is 5.75 Å². The molecule has 5 nitrogen and oxygen atoms in total. The number of hydrogen-bond acceptors (Lipinski definition) is 4. The second-order valence-corrected chi connectivity index (χ2v) is 7.53. The van der Waals surface area contributed by atoms with Gasteiger partial charge in [-0.1, -0.05) is 49.6 Å². The summed E-state index contributed by atoms with van der Waals surface area (Å²) in [7, 11) is 0. The van der Waals surface area contributed by atoms with Gasteiger partial charge in [0.1, 0.15) is 5.75 Å². The van der Waals surface area contributed by atoms with Crippen molar-refractivity contribution in [2.45, 2.75) is 51.2 Å². The maximum Gasteiger partial charge on any atom is 0.257 e. The highest BCUT2D eigenvalue weighted by atomic mass is 35.5. The van der Waals surface area contributed by atoms with Crippen LogP contribution in [0.3, 0.4) is 0 Å². The highest BCUT2D eigenvalue weighted by Crippen LogP contribution is 2.35. The van der Waals surface area contributed by atoms with Gasteiger partial charge in [0, 0.05) is 17.5 Å². The molecular weight excluding hydrogens is 366 g/mol. The largest absolute Gasteiger partial charge is 0.484 e. The third-order valence-electron chi connectivity index (χ3n) is 5.02. The first-order valence-corrected chi connectivity index (χ1v) is 10.0. The van der Waals surface area contributed by atoms with Gasteiger partial charge in [-0.25, -0.2) is 0 Å². The van der Waals surface area contributed by atoms with Crippen molar-refractivity contribution in [1.29, 1.82) is 0 Å². The minimum absolute atomic E-state index is 0.0491. The van der Waals surface area contributed by atoms with Crippen molar-refractivity contribution >= 4 is 17.5 Å². The Morgan fingerprint density at radius 1 is 1.30 bits per heavy atom. The molecule has 0 radical (unpaired) electrons. The number of nitrogens with one attached hydrogen (secondary N) is 1. The normalized spacial score (nSPS) is 25.0. The zero-order chi connectivity index (χ0) is 19.6. The average molecular weight is 396 g/mol. The van der Waals surface area contributed by atoms with Gasteiger partial charge >= 0.3 is 0 Å². The van der Waals surface area contributed by atoms with Gasteiger partial charge in [-0.05, 0) is 43.4 Å². The Kier molecular flexibility index (Phi) is 9.11. The van der Waals surface area contributed by atoms with E-state index >= 15 is 0 Å². The van der Waals surface area contributed by atoms with Crippen LogP contribution in [-0.4, -0.2) is 41.5 Å². The number of carbonyl (C=O) groups is 1. The van der Waals surface area contributed by atoms with Crippen molar-refractivity contribution in [1.82, 2.24) is 5.32 Å². The van der Waals surface area contributed by atoms with E-state index in [-0.39, 0.29) is 24.3 Å². The predicted octanol–water partition coefficient (Wildman–Crippen LogP) is 3.33. The topological polar surface area (TPSA) is 78.8 Å². The second kappa shape index (κ2) is 11.3. The van der Waals surface area contributed by atoms with Gasteiger partial charge in [-0.15, -0.1) is 0 Å². The number of ether oxygens (including phenoxy) is 1. The van der Waals surface area contributed by atoms with Crippen LogP contribution in [0, 0.1) is 11.8 Å². The van der Waals surface area contributed by atoms with Gasteiger partial charge in [0.05, 0.1) is 12.2 Å². The zero-order valence-corrected chi connectivity index (χ0v) is 16.6. The Hall–Kier alpha value is -1.56. The molecule has 1 aliphatic carbocycles. The summed E-state index contributed by atoms with van der Waals surface area (Å²) < 4.78 is 5.42. The number of allylic oxidation sites excluding steroid dienone is 2. The molecule has 1 saturated carbocycles. The standard InChI is InChI=1S/C21H30ClNO4/c1-2-3-4-5-6-10-17-18(20(25)12-19(17)24)13-23-21(26)14-27-16-9-7-8-15(22)11-16/h5-9,11,17-20,24-25H,2-4,10,12-14H2,1H3,(H,23,26)/b6-5-/t17-,18-,19+,20-/m1/s1. The molecule has 0 heterocycles. The number of halogens is 1. The minimum Gasteiger partial charge on any atom is -0.484 e. The lowest BCUT2D eigenvalue weighted by Crippen LogP contribution is -2.38. The molecule has 3 N–H and O–H groups in total. The van der Waals surface area contributed by atoms with E-state index in [2.05, 4.69) is 24.4 Å². The van der Waals surface area contributed by atoms with Crippen LogP contribution < -0.4 is 10.1 Å². The van der Waals surface area contributed by atoms with Gasteiger partial charge in [0.15, 0.2) is 6.61 Å². The Bertz CT molecular complexity index is 622. The monoisotopic (exact) mass is 395 g/mol. The zero-order valence-electron chi connectivity index (χ0n) is 15.8. The summed E-state index contributed by atoms with van der Waals surface area (Å²) in [6.07, 6.45) is 7.47. The molecule has 1 aliphatic rings. The van der Waals surface area contributed by atoms with E-state index in [4.69, 9.17) is 16.3 Å². The van der Waals surface area contributed by atoms with Gasteiger partial charge in [0.2, 0.25) is 0 Å². The third-order valence-corrected chi connectivity index (χ3v) is 5.26. The smallest absolute Gasteiger partial charge is 0.257 e. The first-order chi connectivity index (χ1) is 13.0. The Morgan fingerprint density at radius 2 is 2.07 bits per heavy atom. The van der Waals surface area contributed by atoms with Crippen LogP contribution in [0.4, 0.5) is 0 Å². The third kappa shape index (κ3) is 7.17. The van der Waals surface area contributed by atoms with Crippen LogP contribution in [0.2, 0.25) is 5.02 Å². The molecule has 0 aliphatic heterocycles. The summed E-state index contributed by atoms with van der Waals surface area (Å²) in [5, 5.41) is 23.8. The lowest BCUT2D eigenvalue weighted by molar-refractivity contribution is -0.123. The van der Waals surface area contributed by atoms with E-state index < -0.39 is 12.2 Å². The molecule has 4 atom stereocenters. The predicted molar refractivity (Wildman–Crippen MR) is 107 cm³/mol. The van der Waals surface area contributed by atoms with Crippen molar-refractivity contribution in [3.8, 4) is 5.75 Å². The van der Waals surface area contributed by atoms with E-state index in [0.717, 1.165) is 19.3 Å². The highest BCUT2D eigenvalue weighted by Gasteiger charge is 2.40. The molecule has 0 spiro atoms. The molecule has 1 amide bonds. The Labute approximate surface area is 166 Å². The average Bonchev–Trinajstić information content (AvgIpc) is 2.91. The molecule has 0 aromatic heterocycles. The van der Waals surface area contributed by atoms with Gasteiger partial charge in [0.25, 0.3) is 5.91 Å². The van der Waals surface area contributed by atoms with Crippen LogP contribution >= 0.6 is 11.6 Å². The SMILES string of the molecule is CCCC/C=C\C[C@@H]1[C@@H](CNC(=O)COc2cccc(Cl)c2)[C@H](O)C[C@@H]1O. The fraction of sp³-hybridized carbons (Fsp3) is 0.571. The van der Waals surface area contributed by atoms with E-state index in [1.165, 1.54) is 0 Å². The maximum atomic E-state index is 12.1. The van der Waals surface area contributed by atoms with E-state index in [1.54, 1.807) is 24.3 Å². The number of rotatable bonds is 10. The molecule has 1 fully saturated rings. The fourth-order valence-corrected chi connectivity index (χ4v) is 3.65. The van der Waals surface area contributed by atoms with Gasteiger partial charge < -0.3 is 20.3 Å². The summed E-state index contributed by atoms with van der Waals surface area (Å²) in [6.45, 7) is 2.36. The van der Waals surface area contributed by atoms with Crippen molar-refractivity contribution in [3.05, 3.63) is 41.4 Å². The fourth-order valence-electron chi connectivity index (χ4n) is 3.47. The maximum absolute atomic E-state index is 12.1. The van der Waals surface area contributed by atoms with Crippen molar-refractivity contribution in [3.63, 3.8) is 0 Å². The summed E-state index contributed by atoms with van der Waals surface area (Å²) in [6, 6.07) is 6.87. The number of benzene rings is 1. The molecular formula is C21H30ClNO4. The van der Waals surface area contributed by atoms with Crippen LogP contribution in [0.1, 0.15) is 39.0 Å². The molecule has 0 bridgehead atoms. The Morgan fingerprint density at radius 3 is 2.81 bits per heavy atom. The molecule has 6 heteroatoms. The lowest BCUT2D eigenvalue weighted by atomic mass is 9.90. The number of hydrogen-bond donors (Lipinski definition) is 3. The summed E-state index contributed by atoms with van der Waals surface area (Å²) in [5.41, 5.74) is 0. The number of aliphatic hydroxyl groups is 2. The van der Waals surface area contributed by atoms with E-state index in [1.807, 2.05) is 0 Å². The number of carbonyl (C=O) groups excluding carboxylic acids is 1. The van der Waals surface area contributed by atoms with Crippen molar-refractivity contribution in [2.75, 3.05) is 13.2 Å². The van der Waals surface area contributed by atoms with Gasteiger partial charge in [-0.3, -0.25) is 4.79 Å². The molecule has 1 aromatic carbocycles. The van der Waals surface area contributed by atoms with E-state index in [9.17, 15) is 15.0 Å². The molecule has 1 aromatic rings. The molecule has 0 saturated heterocycles. The van der Waals surface area contributed by atoms with Crippen LogP contribution in [0.15, 0.2) is 36.4 Å². The molecule has 0 unspecified atom stereocenters. The van der Waals surface area contributed by atoms with E-state index in [0.29, 0.717) is 30.2 Å².